The van der Waals surface area contributed by atoms with Crippen LogP contribution in [0.1, 0.15) is 26.3 Å². The van der Waals surface area contributed by atoms with Crippen molar-refractivity contribution < 1.29 is 4.74 Å². The van der Waals surface area contributed by atoms with Gasteiger partial charge in [0.15, 0.2) is 0 Å². The molecule has 26 heavy (non-hydrogen) atoms. The van der Waals surface area contributed by atoms with Gasteiger partial charge in [0.1, 0.15) is 11.5 Å². The first kappa shape index (κ1) is 15.6. The summed E-state index contributed by atoms with van der Waals surface area (Å²) in [7, 11) is 0. The Hall–Kier alpha value is -2.68. The zero-order valence-electron chi connectivity index (χ0n) is 15.7. The highest BCUT2D eigenvalue weighted by Gasteiger charge is 2.43. The zero-order valence-corrected chi connectivity index (χ0v) is 15.7. The van der Waals surface area contributed by atoms with Gasteiger partial charge in [-0.1, -0.05) is 42.5 Å². The van der Waals surface area contributed by atoms with Gasteiger partial charge in [-0.05, 0) is 67.8 Å². The predicted molar refractivity (Wildman–Crippen MR) is 111 cm³/mol. The number of fused-ring (bicyclic) bond motifs is 4. The molecule has 0 radical (unpaired) electrons. The molecule has 0 aliphatic carbocycles. The van der Waals surface area contributed by atoms with Gasteiger partial charge in [0, 0.05) is 16.9 Å². The van der Waals surface area contributed by atoms with Crippen molar-refractivity contribution in [1.82, 2.24) is 0 Å². The summed E-state index contributed by atoms with van der Waals surface area (Å²) < 4.78 is 6.40. The number of aryl methyl sites for hydroxylation is 1. The zero-order chi connectivity index (χ0) is 18.1. The molecule has 3 aromatic carbocycles. The average molecular weight is 339 g/mol. The van der Waals surface area contributed by atoms with Crippen LogP contribution in [0, 0.1) is 6.92 Å². The van der Waals surface area contributed by atoms with Crippen LogP contribution in [-0.2, 0) is 0 Å². The Kier molecular flexibility index (Phi) is 3.09. The first-order chi connectivity index (χ1) is 12.5. The van der Waals surface area contributed by atoms with Crippen LogP contribution in [0.4, 0.5) is 11.4 Å². The Bertz CT molecular complexity index is 1030. The van der Waals surface area contributed by atoms with Crippen molar-refractivity contribution in [1.29, 1.82) is 0 Å². The minimum Gasteiger partial charge on any atom is -0.458 e. The van der Waals surface area contributed by atoms with E-state index in [0.29, 0.717) is 0 Å². The predicted octanol–water partition coefficient (Wildman–Crippen LogP) is 3.87. The molecule has 0 atom stereocenters. The monoisotopic (exact) mass is 339 g/mol. The first-order valence-corrected chi connectivity index (χ1v) is 9.26. The molecule has 0 aromatic heterocycles. The van der Waals surface area contributed by atoms with E-state index in [1.807, 2.05) is 0 Å². The Morgan fingerprint density at radius 3 is 2.31 bits per heavy atom. The number of hydrogen-bond donors (Lipinski definition) is 0. The lowest BCUT2D eigenvalue weighted by Crippen LogP contribution is -2.62. The fraction of sp³-hybridized carbons (Fsp3) is 0.217. The Morgan fingerprint density at radius 2 is 1.50 bits per heavy atom. The second-order valence-electron chi connectivity index (χ2n) is 8.28. The lowest BCUT2D eigenvalue weighted by Gasteiger charge is -2.46. The molecule has 2 aliphatic heterocycles. The van der Waals surface area contributed by atoms with E-state index >= 15 is 0 Å². The van der Waals surface area contributed by atoms with Crippen LogP contribution in [0.3, 0.4) is 0 Å². The van der Waals surface area contributed by atoms with Crippen molar-refractivity contribution >= 4 is 34.5 Å². The van der Waals surface area contributed by atoms with Crippen LogP contribution in [0.2, 0.25) is 0 Å². The van der Waals surface area contributed by atoms with Crippen molar-refractivity contribution in [3.8, 4) is 11.5 Å². The largest absolute Gasteiger partial charge is 0.458 e. The Morgan fingerprint density at radius 1 is 0.808 bits per heavy atom. The topological polar surface area (TPSA) is 12.5 Å². The minimum atomic E-state index is -0.0247. The molecule has 2 nitrogen and oxygen atoms in total. The summed E-state index contributed by atoms with van der Waals surface area (Å²) in [5.74, 6) is 2.00. The second-order valence-corrected chi connectivity index (χ2v) is 8.28. The fourth-order valence-electron chi connectivity index (χ4n) is 4.52. The molecule has 2 heterocycles. The summed E-state index contributed by atoms with van der Waals surface area (Å²) in [6, 6.07) is 21.8. The normalized spacial score (nSPS) is 14.3. The number of para-hydroxylation sites is 2. The van der Waals surface area contributed by atoms with Crippen LogP contribution in [-0.4, -0.2) is 12.3 Å². The number of hydrogen-bond acceptors (Lipinski definition) is 2. The van der Waals surface area contributed by atoms with Gasteiger partial charge in [-0.15, -0.1) is 0 Å². The van der Waals surface area contributed by atoms with Crippen molar-refractivity contribution in [2.75, 3.05) is 4.90 Å². The summed E-state index contributed by atoms with van der Waals surface area (Å²) in [5.41, 5.74) is 7.63. The molecule has 0 saturated heterocycles. The van der Waals surface area contributed by atoms with Gasteiger partial charge in [0.2, 0.25) is 0 Å². The molecule has 0 unspecified atom stereocenters. The van der Waals surface area contributed by atoms with Crippen molar-refractivity contribution in [2.24, 2.45) is 0 Å². The number of benzene rings is 3. The molecule has 3 aromatic rings. The van der Waals surface area contributed by atoms with Crippen LogP contribution in [0.15, 0.2) is 60.7 Å². The maximum atomic E-state index is 6.40. The molecule has 0 saturated carbocycles. The number of ether oxygens (including phenoxy) is 1. The number of rotatable bonds is 0. The maximum absolute atomic E-state index is 6.40. The lowest BCUT2D eigenvalue weighted by molar-refractivity contribution is 0.482. The smallest absolute Gasteiger partial charge is 0.256 e. The van der Waals surface area contributed by atoms with E-state index in [1.165, 1.54) is 33.3 Å². The molecule has 5 rings (SSSR count). The molecule has 2 aliphatic rings. The first-order valence-electron chi connectivity index (χ1n) is 9.26. The third kappa shape index (κ3) is 2.00. The van der Waals surface area contributed by atoms with Gasteiger partial charge in [0.25, 0.3) is 6.71 Å². The van der Waals surface area contributed by atoms with E-state index in [0.717, 1.165) is 11.5 Å². The third-order valence-corrected chi connectivity index (χ3v) is 5.50. The molecule has 0 fully saturated rings. The van der Waals surface area contributed by atoms with E-state index in [2.05, 4.69) is 93.3 Å². The number of anilines is 2. The van der Waals surface area contributed by atoms with Gasteiger partial charge in [-0.2, -0.15) is 0 Å². The fourth-order valence-corrected chi connectivity index (χ4v) is 4.52. The second kappa shape index (κ2) is 5.17. The molecule has 0 N–H and O–H groups in total. The van der Waals surface area contributed by atoms with Crippen molar-refractivity contribution in [3.05, 3.63) is 66.2 Å². The summed E-state index contributed by atoms with van der Waals surface area (Å²) in [6.45, 7) is 9.16. The quantitative estimate of drug-likeness (QED) is 0.451. The molecule has 128 valence electrons. The third-order valence-electron chi connectivity index (χ3n) is 5.50. The van der Waals surface area contributed by atoms with Crippen LogP contribution in [0.25, 0.3) is 0 Å². The Balaban J connectivity index is 1.89. The van der Waals surface area contributed by atoms with Gasteiger partial charge in [-0.3, -0.25) is 0 Å². The lowest BCUT2D eigenvalue weighted by atomic mass is 9.34. The molecule has 0 amide bonds. The minimum absolute atomic E-state index is 0.0247. The van der Waals surface area contributed by atoms with E-state index in [4.69, 9.17) is 4.74 Å². The summed E-state index contributed by atoms with van der Waals surface area (Å²) >= 11 is 0. The molecule has 3 heteroatoms. The van der Waals surface area contributed by atoms with Gasteiger partial charge < -0.3 is 9.64 Å². The highest BCUT2D eigenvalue weighted by Crippen LogP contribution is 2.39. The Labute approximate surface area is 155 Å². The highest BCUT2D eigenvalue weighted by atomic mass is 16.5. The van der Waals surface area contributed by atoms with Crippen molar-refractivity contribution in [2.45, 2.75) is 33.2 Å². The van der Waals surface area contributed by atoms with Crippen molar-refractivity contribution in [3.63, 3.8) is 0 Å². The SMILES string of the molecule is Cc1cccc2c1Oc1cccc3c1B2c1ccccc1N3C(C)(C)C. The molecular weight excluding hydrogens is 317 g/mol. The van der Waals surface area contributed by atoms with E-state index < -0.39 is 0 Å². The van der Waals surface area contributed by atoms with Gasteiger partial charge in [0.05, 0.1) is 0 Å². The van der Waals surface area contributed by atoms with Crippen LogP contribution < -0.4 is 26.0 Å². The van der Waals surface area contributed by atoms with E-state index in [-0.39, 0.29) is 12.3 Å². The molecule has 0 bridgehead atoms. The van der Waals surface area contributed by atoms with E-state index in [1.54, 1.807) is 0 Å². The summed E-state index contributed by atoms with van der Waals surface area (Å²) in [4.78, 5) is 2.46. The van der Waals surface area contributed by atoms with Gasteiger partial charge in [-0.25, -0.2) is 0 Å². The van der Waals surface area contributed by atoms with Crippen LogP contribution in [0.5, 0.6) is 11.5 Å². The average Bonchev–Trinajstić information content (AvgIpc) is 2.61. The number of nitrogens with zero attached hydrogens (tertiary/aromatic N) is 1. The summed E-state index contributed by atoms with van der Waals surface area (Å²) in [6.07, 6.45) is 0. The van der Waals surface area contributed by atoms with Gasteiger partial charge >= 0.3 is 0 Å². The maximum Gasteiger partial charge on any atom is 0.256 e. The summed E-state index contributed by atoms with van der Waals surface area (Å²) in [5, 5.41) is 0. The molecule has 0 spiro atoms. The van der Waals surface area contributed by atoms with Crippen LogP contribution >= 0.6 is 0 Å². The standard InChI is InChI=1S/C23H22BNO/c1-15-9-7-11-17-22(15)26-20-14-8-13-19-21(20)24(17)16-10-5-6-12-18(16)25(19)23(2,3)4/h5-14H,1-4H3. The van der Waals surface area contributed by atoms with E-state index in [9.17, 15) is 0 Å². The molecular formula is C23H22BNO. The highest BCUT2D eigenvalue weighted by molar-refractivity contribution is 6.99.